The van der Waals surface area contributed by atoms with Gasteiger partial charge in [-0.25, -0.2) is 4.79 Å². The van der Waals surface area contributed by atoms with E-state index in [2.05, 4.69) is 46.8 Å². The maximum absolute atomic E-state index is 13.9. The molecule has 7 nitrogen and oxygen atoms in total. The molecule has 1 amide bonds. The summed E-state index contributed by atoms with van der Waals surface area (Å²) in [6.07, 6.45) is 1.06. The second-order valence-corrected chi connectivity index (χ2v) is 10.5. The van der Waals surface area contributed by atoms with E-state index in [4.69, 9.17) is 14.6 Å². The van der Waals surface area contributed by atoms with Gasteiger partial charge in [0.15, 0.2) is 0 Å². The lowest BCUT2D eigenvalue weighted by Gasteiger charge is -2.26. The summed E-state index contributed by atoms with van der Waals surface area (Å²) in [5.41, 5.74) is 5.30. The molecule has 3 aromatic rings. The molecule has 1 heterocycles. The Morgan fingerprint density at radius 1 is 1.10 bits per heavy atom. The minimum Gasteiger partial charge on any atom is -0.497 e. The summed E-state index contributed by atoms with van der Waals surface area (Å²) in [5.74, 6) is -2.00. The van der Waals surface area contributed by atoms with E-state index in [-0.39, 0.29) is 11.9 Å². The number of aliphatic carboxylic acids is 1. The van der Waals surface area contributed by atoms with Crippen LogP contribution in [-0.2, 0) is 4.79 Å². The summed E-state index contributed by atoms with van der Waals surface area (Å²) >= 11 is 0. The van der Waals surface area contributed by atoms with Gasteiger partial charge in [0.2, 0.25) is 0 Å². The second-order valence-electron chi connectivity index (χ2n) is 10.5. The fourth-order valence-corrected chi connectivity index (χ4v) is 5.44. The van der Waals surface area contributed by atoms with Crippen LogP contribution < -0.4 is 10.1 Å². The molecule has 1 unspecified atom stereocenters. The Labute approximate surface area is 232 Å². The van der Waals surface area contributed by atoms with Gasteiger partial charge in [-0.1, -0.05) is 43.5 Å². The Bertz CT molecular complexity index is 1330. The third-order valence-electron chi connectivity index (χ3n) is 7.28. The molecule has 1 atom stereocenters. The molecule has 4 rings (SSSR count). The van der Waals surface area contributed by atoms with Gasteiger partial charge in [-0.2, -0.15) is 13.2 Å². The van der Waals surface area contributed by atoms with Crippen molar-refractivity contribution < 1.29 is 32.6 Å². The van der Waals surface area contributed by atoms with Gasteiger partial charge < -0.3 is 24.6 Å². The van der Waals surface area contributed by atoms with Crippen molar-refractivity contribution in [3.8, 4) is 5.75 Å². The van der Waals surface area contributed by atoms with Crippen LogP contribution in [0.3, 0.4) is 0 Å². The number of amides is 1. The van der Waals surface area contributed by atoms with Gasteiger partial charge in [-0.15, -0.1) is 0 Å². The Balaban J connectivity index is 0.000000559. The predicted octanol–water partition coefficient (Wildman–Crippen LogP) is 6.44. The molecule has 0 saturated heterocycles. The van der Waals surface area contributed by atoms with E-state index in [1.807, 2.05) is 38.4 Å². The molecule has 40 heavy (non-hydrogen) atoms. The van der Waals surface area contributed by atoms with Crippen LogP contribution in [0.15, 0.2) is 42.5 Å². The number of benzene rings is 2. The topological polar surface area (TPSA) is 83.8 Å². The van der Waals surface area contributed by atoms with Gasteiger partial charge in [0.05, 0.1) is 18.7 Å². The fraction of sp³-hybridized carbons (Fsp3) is 0.467. The van der Waals surface area contributed by atoms with Crippen molar-refractivity contribution in [2.24, 2.45) is 0 Å². The summed E-state index contributed by atoms with van der Waals surface area (Å²) in [6, 6.07) is 14.8. The highest BCUT2D eigenvalue weighted by Crippen LogP contribution is 2.37. The first-order valence-corrected chi connectivity index (χ1v) is 13.3. The van der Waals surface area contributed by atoms with Crippen molar-refractivity contribution in [1.29, 1.82) is 0 Å². The van der Waals surface area contributed by atoms with Gasteiger partial charge >= 0.3 is 12.1 Å². The normalized spacial score (nSPS) is 14.9. The molecule has 2 N–H and O–H groups in total. The van der Waals surface area contributed by atoms with Gasteiger partial charge in [-0.05, 0) is 70.1 Å². The van der Waals surface area contributed by atoms with Crippen molar-refractivity contribution in [3.05, 3.63) is 64.8 Å². The third-order valence-corrected chi connectivity index (χ3v) is 7.28. The number of fused-ring (bicyclic) bond motifs is 1. The standard InChI is InChI=1S/C28H37N3O2.C2HF3O2/c1-19-11-9-10-14-23(19)25(18-30(3)4)29-28(32)27-20(2)31(21-12-7-6-8-13-21)26-16-15-22(33-5)17-24(26)27;3-2(4,5)1(6)7/h9-11,14-17,21,25H,6-8,12-13,18H2,1-5H3,(H,29,32);(H,6,7). The zero-order valence-electron chi connectivity index (χ0n) is 23.6. The number of carbonyl (C=O) groups is 2. The maximum Gasteiger partial charge on any atom is 0.490 e. The number of hydrogen-bond donors (Lipinski definition) is 2. The van der Waals surface area contributed by atoms with Gasteiger partial charge in [0.25, 0.3) is 5.91 Å². The van der Waals surface area contributed by atoms with E-state index in [0.717, 1.165) is 40.0 Å². The molecule has 10 heteroatoms. The molecular weight excluding hydrogens is 523 g/mol. The van der Waals surface area contributed by atoms with Crippen molar-refractivity contribution >= 4 is 22.8 Å². The SMILES string of the molecule is COc1ccc2c(c1)c(C(=O)NC(CN(C)C)c1ccccc1C)c(C)n2C1CCCCC1.O=C(O)C(F)(F)F. The number of nitrogens with zero attached hydrogens (tertiary/aromatic N) is 2. The van der Waals surface area contributed by atoms with Crippen LogP contribution in [0.5, 0.6) is 5.75 Å². The van der Waals surface area contributed by atoms with Crippen LogP contribution in [0.2, 0.25) is 0 Å². The summed E-state index contributed by atoms with van der Waals surface area (Å²) in [5, 5.41) is 11.5. The van der Waals surface area contributed by atoms with E-state index in [0.29, 0.717) is 6.04 Å². The monoisotopic (exact) mass is 561 g/mol. The Morgan fingerprint density at radius 2 is 1.73 bits per heavy atom. The molecule has 0 aliphatic heterocycles. The average molecular weight is 562 g/mol. The lowest BCUT2D eigenvalue weighted by molar-refractivity contribution is -0.192. The first kappa shape index (κ1) is 31.0. The number of nitrogens with one attached hydrogen (secondary N) is 1. The van der Waals surface area contributed by atoms with Gasteiger partial charge in [0, 0.05) is 29.2 Å². The molecule has 0 radical (unpaired) electrons. The number of halogens is 3. The van der Waals surface area contributed by atoms with E-state index < -0.39 is 12.1 Å². The minimum atomic E-state index is -5.08. The summed E-state index contributed by atoms with van der Waals surface area (Å²) in [4.78, 5) is 24.9. The van der Waals surface area contributed by atoms with E-state index in [1.54, 1.807) is 7.11 Å². The van der Waals surface area contributed by atoms with Crippen LogP contribution in [0.25, 0.3) is 10.9 Å². The third kappa shape index (κ3) is 7.35. The van der Waals surface area contributed by atoms with Crippen molar-refractivity contribution in [1.82, 2.24) is 14.8 Å². The lowest BCUT2D eigenvalue weighted by atomic mass is 9.95. The fourth-order valence-electron chi connectivity index (χ4n) is 5.44. The predicted molar refractivity (Wildman–Crippen MR) is 149 cm³/mol. The number of likely N-dealkylation sites (N-methyl/N-ethyl adjacent to an activating group) is 1. The Kier molecular flexibility index (Phi) is 10.2. The van der Waals surface area contributed by atoms with Crippen LogP contribution in [0, 0.1) is 13.8 Å². The Hall–Kier alpha value is -3.53. The molecule has 1 fully saturated rings. The summed E-state index contributed by atoms with van der Waals surface area (Å²) < 4.78 is 39.7. The van der Waals surface area contributed by atoms with Crippen LogP contribution in [-0.4, -0.2) is 60.4 Å². The average Bonchev–Trinajstić information content (AvgIpc) is 3.19. The number of carbonyl (C=O) groups excluding carboxylic acids is 1. The number of ether oxygens (including phenoxy) is 1. The van der Waals surface area contributed by atoms with Gasteiger partial charge in [0.1, 0.15) is 5.75 Å². The molecule has 1 aromatic heterocycles. The minimum absolute atomic E-state index is 0.0181. The molecule has 218 valence electrons. The summed E-state index contributed by atoms with van der Waals surface area (Å²) in [7, 11) is 5.77. The van der Waals surface area contributed by atoms with E-state index in [1.165, 1.54) is 37.7 Å². The van der Waals surface area contributed by atoms with Crippen LogP contribution in [0.4, 0.5) is 13.2 Å². The molecule has 1 saturated carbocycles. The lowest BCUT2D eigenvalue weighted by Crippen LogP contribution is -2.36. The number of aryl methyl sites for hydroxylation is 1. The van der Waals surface area contributed by atoms with E-state index >= 15 is 0 Å². The van der Waals surface area contributed by atoms with Crippen molar-refractivity contribution in [3.63, 3.8) is 0 Å². The molecule has 0 bridgehead atoms. The molecular formula is C30H38F3N3O4. The van der Waals surface area contributed by atoms with Crippen LogP contribution >= 0.6 is 0 Å². The highest BCUT2D eigenvalue weighted by molar-refractivity contribution is 6.09. The highest BCUT2D eigenvalue weighted by atomic mass is 19.4. The van der Waals surface area contributed by atoms with Gasteiger partial charge in [-0.3, -0.25) is 4.79 Å². The number of rotatable bonds is 7. The number of hydrogen-bond acceptors (Lipinski definition) is 4. The number of carboxylic acid groups (broad SMARTS) is 1. The largest absolute Gasteiger partial charge is 0.497 e. The number of alkyl halides is 3. The Morgan fingerprint density at radius 3 is 2.27 bits per heavy atom. The smallest absolute Gasteiger partial charge is 0.490 e. The quantitative estimate of drug-likeness (QED) is 0.347. The first-order valence-electron chi connectivity index (χ1n) is 13.3. The summed E-state index contributed by atoms with van der Waals surface area (Å²) in [6.45, 7) is 4.94. The molecule has 1 aliphatic rings. The van der Waals surface area contributed by atoms with E-state index in [9.17, 15) is 18.0 Å². The zero-order valence-corrected chi connectivity index (χ0v) is 23.6. The molecule has 1 aliphatic carbocycles. The second kappa shape index (κ2) is 13.2. The van der Waals surface area contributed by atoms with Crippen LogP contribution in [0.1, 0.15) is 71.4 Å². The molecule has 0 spiro atoms. The number of methoxy groups -OCH3 is 1. The number of carboxylic acids is 1. The molecule has 2 aromatic carbocycles. The number of aromatic nitrogens is 1. The maximum atomic E-state index is 13.9. The first-order chi connectivity index (χ1) is 18.8. The highest BCUT2D eigenvalue weighted by Gasteiger charge is 2.38. The zero-order chi connectivity index (χ0) is 29.6. The van der Waals surface area contributed by atoms with Crippen molar-refractivity contribution in [2.75, 3.05) is 27.7 Å². The van der Waals surface area contributed by atoms with Crippen molar-refractivity contribution in [2.45, 2.75) is 64.2 Å².